The van der Waals surface area contributed by atoms with Crippen LogP contribution in [0.15, 0.2) is 32.9 Å². The van der Waals surface area contributed by atoms with Crippen LogP contribution in [0.25, 0.3) is 0 Å². The molecule has 1 unspecified atom stereocenters. The molecular formula is C23H31NO11S2. The Hall–Kier alpha value is -2.84. The predicted molar refractivity (Wildman–Crippen MR) is 131 cm³/mol. The molecule has 0 radical (unpaired) electrons. The fourth-order valence-electron chi connectivity index (χ4n) is 3.55. The summed E-state index contributed by atoms with van der Waals surface area (Å²) in [6.45, 7) is 7.53. The van der Waals surface area contributed by atoms with Gasteiger partial charge in [0.25, 0.3) is 10.0 Å². The van der Waals surface area contributed by atoms with Gasteiger partial charge in [0.05, 0.1) is 4.90 Å². The maximum atomic E-state index is 13.1. The van der Waals surface area contributed by atoms with Gasteiger partial charge in [-0.3, -0.25) is 19.2 Å². The van der Waals surface area contributed by atoms with Crippen LogP contribution >= 0.6 is 0 Å². The smallest absolute Gasteiger partial charge is 0.303 e. The SMILES string of the molecule is CCS(=NS(=O)(=O)c1ccc(C)cc1)[C@H]1O[C@H](COC(C)=O)[C@@H](OC(C)=O)[C@H](OC(C)=O)[C@@H]1OC(C)=O. The summed E-state index contributed by atoms with van der Waals surface area (Å²) in [5, 5.41) is 0. The molecule has 1 aliphatic heterocycles. The van der Waals surface area contributed by atoms with Crippen LogP contribution < -0.4 is 0 Å². The van der Waals surface area contributed by atoms with E-state index in [0.717, 1.165) is 33.3 Å². The lowest BCUT2D eigenvalue weighted by Gasteiger charge is -2.44. The van der Waals surface area contributed by atoms with Crippen molar-refractivity contribution in [1.82, 2.24) is 0 Å². The second kappa shape index (κ2) is 13.1. The zero-order chi connectivity index (χ0) is 27.9. The molecule has 0 bridgehead atoms. The Morgan fingerprint density at radius 3 is 1.86 bits per heavy atom. The molecule has 0 aliphatic carbocycles. The average molecular weight is 562 g/mol. The third-order valence-corrected chi connectivity index (χ3v) is 8.95. The molecular weight excluding hydrogens is 530 g/mol. The summed E-state index contributed by atoms with van der Waals surface area (Å²) in [6, 6.07) is 6.08. The van der Waals surface area contributed by atoms with E-state index < -0.39 is 81.1 Å². The zero-order valence-corrected chi connectivity index (χ0v) is 23.0. The lowest BCUT2D eigenvalue weighted by atomic mass is 9.99. The van der Waals surface area contributed by atoms with E-state index in [9.17, 15) is 27.6 Å². The first kappa shape index (κ1) is 30.4. The Labute approximate surface area is 218 Å². The summed E-state index contributed by atoms with van der Waals surface area (Å²) in [5.74, 6) is -2.85. The molecule has 2 rings (SSSR count). The topological polar surface area (TPSA) is 161 Å². The van der Waals surface area contributed by atoms with Crippen molar-refractivity contribution in [2.45, 2.75) is 76.3 Å². The number of esters is 4. The summed E-state index contributed by atoms with van der Waals surface area (Å²) < 4.78 is 57.6. The van der Waals surface area contributed by atoms with Crippen molar-refractivity contribution in [1.29, 1.82) is 0 Å². The van der Waals surface area contributed by atoms with Crippen molar-refractivity contribution in [3.8, 4) is 0 Å². The molecule has 1 saturated heterocycles. The highest BCUT2D eigenvalue weighted by atomic mass is 32.3. The molecule has 206 valence electrons. The minimum atomic E-state index is -4.17. The number of carbonyl (C=O) groups is 4. The number of hydrogen-bond donors (Lipinski definition) is 0. The molecule has 6 atom stereocenters. The third kappa shape index (κ3) is 8.61. The van der Waals surface area contributed by atoms with Crippen molar-refractivity contribution in [3.05, 3.63) is 29.8 Å². The molecule has 0 spiro atoms. The quantitative estimate of drug-likeness (QED) is 0.318. The lowest BCUT2D eigenvalue weighted by molar-refractivity contribution is -0.237. The Morgan fingerprint density at radius 2 is 1.38 bits per heavy atom. The summed E-state index contributed by atoms with van der Waals surface area (Å²) >= 11 is 0. The number of nitrogens with zero attached hydrogens (tertiary/aromatic N) is 1. The van der Waals surface area contributed by atoms with Crippen LogP contribution in [0, 0.1) is 6.92 Å². The molecule has 14 heteroatoms. The molecule has 12 nitrogen and oxygen atoms in total. The van der Waals surface area contributed by atoms with Gasteiger partial charge in [-0.1, -0.05) is 24.6 Å². The molecule has 37 heavy (non-hydrogen) atoms. The number of sulfonamides is 1. The highest BCUT2D eigenvalue weighted by Crippen LogP contribution is 2.32. The minimum Gasteiger partial charge on any atom is -0.463 e. The number of rotatable bonds is 9. The van der Waals surface area contributed by atoms with Gasteiger partial charge in [-0.05, 0) is 29.7 Å². The lowest BCUT2D eigenvalue weighted by Crippen LogP contribution is -2.63. The standard InChI is InChI=1S/C23H31NO11S2/c1-7-36(24-37(29,30)18-10-8-13(2)9-11-18)23-22(34-17(6)28)21(33-16(5)27)20(32-15(4)26)19(35-23)12-31-14(3)25/h8-11,19-23H,7,12H2,1-6H3/t19-,20-,21+,22+,23-,36?/m1/s1. The second-order valence-corrected chi connectivity index (χ2v) is 12.0. The van der Waals surface area contributed by atoms with E-state index in [1.807, 2.05) is 6.92 Å². The maximum absolute atomic E-state index is 13.1. The highest BCUT2D eigenvalue weighted by Gasteiger charge is 2.53. The third-order valence-electron chi connectivity index (χ3n) is 5.02. The van der Waals surface area contributed by atoms with Crippen LogP contribution in [-0.4, -0.2) is 74.5 Å². The van der Waals surface area contributed by atoms with Crippen molar-refractivity contribution in [2.75, 3.05) is 12.4 Å². The summed E-state index contributed by atoms with van der Waals surface area (Å²) in [4.78, 5) is 47.3. The first-order valence-corrected chi connectivity index (χ1v) is 14.2. The molecule has 0 aromatic heterocycles. The summed E-state index contributed by atoms with van der Waals surface area (Å²) in [5.41, 5.74) is -0.390. The van der Waals surface area contributed by atoms with Crippen molar-refractivity contribution in [3.63, 3.8) is 0 Å². The Bertz CT molecular complexity index is 1150. The van der Waals surface area contributed by atoms with E-state index in [4.69, 9.17) is 23.7 Å². The Kier molecular flexibility index (Phi) is 10.8. The van der Waals surface area contributed by atoms with Crippen LogP contribution in [0.5, 0.6) is 0 Å². The average Bonchev–Trinajstić information content (AvgIpc) is 2.78. The Balaban J connectivity index is 2.65. The van der Waals surface area contributed by atoms with Crippen molar-refractivity contribution in [2.24, 2.45) is 3.77 Å². The van der Waals surface area contributed by atoms with E-state index in [1.165, 1.54) is 12.1 Å². The van der Waals surface area contributed by atoms with Gasteiger partial charge >= 0.3 is 23.9 Å². The van der Waals surface area contributed by atoms with Crippen molar-refractivity contribution < 1.29 is 51.3 Å². The number of carbonyl (C=O) groups excluding carboxylic acids is 4. The van der Waals surface area contributed by atoms with Crippen LogP contribution in [0.3, 0.4) is 0 Å². The minimum absolute atomic E-state index is 0.0466. The largest absolute Gasteiger partial charge is 0.463 e. The van der Waals surface area contributed by atoms with Gasteiger partial charge in [0.15, 0.2) is 23.7 Å². The van der Waals surface area contributed by atoms with E-state index in [0.29, 0.717) is 0 Å². The molecule has 1 fully saturated rings. The van der Waals surface area contributed by atoms with E-state index in [1.54, 1.807) is 19.1 Å². The maximum Gasteiger partial charge on any atom is 0.303 e. The number of ether oxygens (including phenoxy) is 5. The number of aryl methyl sites for hydroxylation is 1. The fraction of sp³-hybridized carbons (Fsp3) is 0.565. The van der Waals surface area contributed by atoms with Gasteiger partial charge in [0, 0.05) is 33.4 Å². The molecule has 1 aromatic rings. The van der Waals surface area contributed by atoms with Gasteiger partial charge in [0.1, 0.15) is 12.7 Å². The van der Waals surface area contributed by atoms with Crippen molar-refractivity contribution >= 4 is 44.6 Å². The first-order valence-electron chi connectivity index (χ1n) is 11.3. The second-order valence-electron chi connectivity index (χ2n) is 8.12. The predicted octanol–water partition coefficient (Wildman–Crippen LogP) is 1.59. The van der Waals surface area contributed by atoms with Gasteiger partial charge in [0.2, 0.25) is 0 Å². The normalized spacial score (nSPS) is 24.5. The van der Waals surface area contributed by atoms with Crippen LogP contribution in [0.1, 0.15) is 40.2 Å². The summed E-state index contributed by atoms with van der Waals surface area (Å²) in [7, 11) is -5.64. The molecule has 0 N–H and O–H groups in total. The molecule has 0 saturated carbocycles. The number of benzene rings is 1. The molecule has 0 amide bonds. The van der Waals surface area contributed by atoms with E-state index in [-0.39, 0.29) is 10.6 Å². The molecule has 1 aromatic carbocycles. The van der Waals surface area contributed by atoms with Crippen LogP contribution in [0.2, 0.25) is 0 Å². The first-order chi connectivity index (χ1) is 17.2. The monoisotopic (exact) mass is 561 g/mol. The van der Waals surface area contributed by atoms with Gasteiger partial charge in [-0.15, -0.1) is 3.77 Å². The molecule has 1 heterocycles. The molecule has 1 aliphatic rings. The van der Waals surface area contributed by atoms with Crippen LogP contribution in [0.4, 0.5) is 0 Å². The van der Waals surface area contributed by atoms with Gasteiger partial charge < -0.3 is 23.7 Å². The van der Waals surface area contributed by atoms with Gasteiger partial charge in [-0.25, -0.2) is 0 Å². The highest BCUT2D eigenvalue weighted by molar-refractivity contribution is 8.00. The number of hydrogen-bond acceptors (Lipinski definition) is 11. The van der Waals surface area contributed by atoms with E-state index in [2.05, 4.69) is 3.77 Å². The summed E-state index contributed by atoms with van der Waals surface area (Å²) in [6.07, 6.45) is -5.31. The zero-order valence-electron chi connectivity index (χ0n) is 21.4. The Morgan fingerprint density at radius 1 is 0.865 bits per heavy atom. The fourth-order valence-corrected chi connectivity index (χ4v) is 7.26. The van der Waals surface area contributed by atoms with Gasteiger partial charge in [-0.2, -0.15) is 8.42 Å². The van der Waals surface area contributed by atoms with Crippen LogP contribution in [-0.2, 0) is 63.6 Å². The van der Waals surface area contributed by atoms with E-state index >= 15 is 0 Å².